The number of rotatable bonds is 13. The standard InChI is InChI=1S/C19H33BrS/c1-3-5-6-7-8-9-10-12-17(14-15-18(20)4-2)19-13-11-16-21-19/h11,13,16-18H,3-10,12,14-15H2,1-2H3. The second-order valence-corrected chi connectivity index (χ2v) is 8.48. The molecule has 0 saturated carbocycles. The fourth-order valence-electron chi connectivity index (χ4n) is 2.89. The van der Waals surface area contributed by atoms with Gasteiger partial charge in [0.25, 0.3) is 0 Å². The molecule has 21 heavy (non-hydrogen) atoms. The maximum Gasteiger partial charge on any atom is 0.0143 e. The Balaban J connectivity index is 2.23. The summed E-state index contributed by atoms with van der Waals surface area (Å²) in [4.78, 5) is 2.31. The largest absolute Gasteiger partial charge is 0.149 e. The molecule has 0 fully saturated rings. The van der Waals surface area contributed by atoms with Gasteiger partial charge in [-0.1, -0.05) is 80.8 Å². The number of alkyl halides is 1. The van der Waals surface area contributed by atoms with Gasteiger partial charge >= 0.3 is 0 Å². The minimum atomic E-state index is 0.703. The highest BCUT2D eigenvalue weighted by atomic mass is 79.9. The summed E-state index contributed by atoms with van der Waals surface area (Å²) in [5.74, 6) is 0.798. The molecule has 1 aromatic rings. The molecule has 0 N–H and O–H groups in total. The average Bonchev–Trinajstić information content (AvgIpc) is 3.03. The minimum absolute atomic E-state index is 0.703. The first-order chi connectivity index (χ1) is 10.3. The maximum absolute atomic E-state index is 3.79. The van der Waals surface area contributed by atoms with Crippen molar-refractivity contribution in [3.63, 3.8) is 0 Å². The molecule has 2 heteroatoms. The fourth-order valence-corrected chi connectivity index (χ4v) is 4.05. The molecule has 0 bridgehead atoms. The summed E-state index contributed by atoms with van der Waals surface area (Å²) in [7, 11) is 0. The highest BCUT2D eigenvalue weighted by molar-refractivity contribution is 9.09. The van der Waals surface area contributed by atoms with E-state index in [9.17, 15) is 0 Å². The summed E-state index contributed by atoms with van der Waals surface area (Å²) in [6.07, 6.45) is 15.2. The van der Waals surface area contributed by atoms with Gasteiger partial charge in [-0.3, -0.25) is 0 Å². The number of unbranched alkanes of at least 4 members (excludes halogenated alkanes) is 6. The predicted octanol–water partition coefficient (Wildman–Crippen LogP) is 7.93. The molecule has 0 aliphatic rings. The summed E-state index contributed by atoms with van der Waals surface area (Å²) in [5, 5.41) is 2.23. The van der Waals surface area contributed by atoms with Crippen molar-refractivity contribution in [2.45, 2.75) is 95.2 Å². The molecule has 0 aliphatic carbocycles. The summed E-state index contributed by atoms with van der Waals surface area (Å²) in [6.45, 7) is 4.56. The van der Waals surface area contributed by atoms with Gasteiger partial charge in [-0.25, -0.2) is 0 Å². The Morgan fingerprint density at radius 1 is 0.952 bits per heavy atom. The first-order valence-electron chi connectivity index (χ1n) is 8.95. The lowest BCUT2D eigenvalue weighted by atomic mass is 9.93. The number of thiophene rings is 1. The van der Waals surface area contributed by atoms with Crippen molar-refractivity contribution in [1.82, 2.24) is 0 Å². The van der Waals surface area contributed by atoms with E-state index in [4.69, 9.17) is 0 Å². The van der Waals surface area contributed by atoms with Gasteiger partial charge in [0.1, 0.15) is 0 Å². The summed E-state index contributed by atoms with van der Waals surface area (Å²) in [6, 6.07) is 4.55. The Kier molecular flexibility index (Phi) is 11.6. The van der Waals surface area contributed by atoms with Gasteiger partial charge in [-0.05, 0) is 43.0 Å². The Hall–Kier alpha value is 0.180. The van der Waals surface area contributed by atoms with E-state index < -0.39 is 0 Å². The van der Waals surface area contributed by atoms with Crippen molar-refractivity contribution in [1.29, 1.82) is 0 Å². The van der Waals surface area contributed by atoms with Crippen molar-refractivity contribution in [3.05, 3.63) is 22.4 Å². The van der Waals surface area contributed by atoms with Crippen LogP contribution in [0.3, 0.4) is 0 Å². The summed E-state index contributed by atoms with van der Waals surface area (Å²) in [5.41, 5.74) is 0. The first-order valence-corrected chi connectivity index (χ1v) is 10.7. The van der Waals surface area contributed by atoms with Gasteiger partial charge in [0.2, 0.25) is 0 Å². The SMILES string of the molecule is CCCCCCCCCC(CCC(Br)CC)c1cccs1. The summed E-state index contributed by atoms with van der Waals surface area (Å²) >= 11 is 5.74. The van der Waals surface area contributed by atoms with Crippen LogP contribution in [-0.4, -0.2) is 4.83 Å². The quantitative estimate of drug-likeness (QED) is 0.243. The molecule has 0 amide bonds. The van der Waals surface area contributed by atoms with Crippen molar-refractivity contribution >= 4 is 27.3 Å². The third-order valence-electron chi connectivity index (χ3n) is 4.37. The molecule has 0 aromatic carbocycles. The normalized spacial score (nSPS) is 14.2. The minimum Gasteiger partial charge on any atom is -0.149 e. The molecular formula is C19H33BrS. The Bertz CT molecular complexity index is 320. The second kappa shape index (κ2) is 12.7. The Morgan fingerprint density at radius 3 is 2.29 bits per heavy atom. The lowest BCUT2D eigenvalue weighted by molar-refractivity contribution is 0.502. The molecule has 1 heterocycles. The average molecular weight is 373 g/mol. The molecule has 2 unspecified atom stereocenters. The molecule has 0 radical (unpaired) electrons. The van der Waals surface area contributed by atoms with E-state index >= 15 is 0 Å². The highest BCUT2D eigenvalue weighted by Gasteiger charge is 2.14. The van der Waals surface area contributed by atoms with Gasteiger partial charge in [-0.15, -0.1) is 11.3 Å². The number of halogens is 1. The molecule has 1 rings (SSSR count). The van der Waals surface area contributed by atoms with Crippen molar-refractivity contribution < 1.29 is 0 Å². The molecule has 0 aliphatic heterocycles. The van der Waals surface area contributed by atoms with E-state index in [1.165, 1.54) is 70.6 Å². The van der Waals surface area contributed by atoms with Crippen LogP contribution in [0.5, 0.6) is 0 Å². The van der Waals surface area contributed by atoms with Crippen LogP contribution in [0.4, 0.5) is 0 Å². The van der Waals surface area contributed by atoms with Gasteiger partial charge in [0, 0.05) is 9.70 Å². The molecule has 1 aromatic heterocycles. The first kappa shape index (κ1) is 19.2. The second-order valence-electron chi connectivity index (χ2n) is 6.21. The van der Waals surface area contributed by atoms with Crippen LogP contribution >= 0.6 is 27.3 Å². The summed E-state index contributed by atoms with van der Waals surface area (Å²) < 4.78 is 0. The predicted molar refractivity (Wildman–Crippen MR) is 102 cm³/mol. The maximum atomic E-state index is 3.79. The molecular weight excluding hydrogens is 340 g/mol. The van der Waals surface area contributed by atoms with Gasteiger partial charge in [0.05, 0.1) is 0 Å². The zero-order valence-electron chi connectivity index (χ0n) is 14.0. The van der Waals surface area contributed by atoms with Crippen LogP contribution in [0.25, 0.3) is 0 Å². The van der Waals surface area contributed by atoms with E-state index in [1.54, 1.807) is 4.88 Å². The van der Waals surface area contributed by atoms with Crippen LogP contribution in [0.1, 0.15) is 95.3 Å². The number of hydrogen-bond donors (Lipinski definition) is 0. The topological polar surface area (TPSA) is 0 Å². The van der Waals surface area contributed by atoms with Gasteiger partial charge < -0.3 is 0 Å². The third-order valence-corrected chi connectivity index (χ3v) is 6.51. The lowest BCUT2D eigenvalue weighted by Crippen LogP contribution is -2.02. The van der Waals surface area contributed by atoms with Gasteiger partial charge in [0.15, 0.2) is 0 Å². The van der Waals surface area contributed by atoms with E-state index in [0.717, 1.165) is 5.92 Å². The lowest BCUT2D eigenvalue weighted by Gasteiger charge is -2.17. The van der Waals surface area contributed by atoms with E-state index in [-0.39, 0.29) is 0 Å². The van der Waals surface area contributed by atoms with Crippen LogP contribution in [0.2, 0.25) is 0 Å². The fraction of sp³-hybridized carbons (Fsp3) is 0.789. The van der Waals surface area contributed by atoms with E-state index in [1.807, 2.05) is 11.3 Å². The Morgan fingerprint density at radius 2 is 1.67 bits per heavy atom. The zero-order chi connectivity index (χ0) is 15.3. The van der Waals surface area contributed by atoms with Crippen LogP contribution in [-0.2, 0) is 0 Å². The molecule has 0 nitrogen and oxygen atoms in total. The van der Waals surface area contributed by atoms with Gasteiger partial charge in [-0.2, -0.15) is 0 Å². The van der Waals surface area contributed by atoms with E-state index in [2.05, 4.69) is 47.3 Å². The Labute approximate surface area is 144 Å². The van der Waals surface area contributed by atoms with Crippen LogP contribution in [0.15, 0.2) is 17.5 Å². The van der Waals surface area contributed by atoms with Crippen LogP contribution in [0, 0.1) is 0 Å². The van der Waals surface area contributed by atoms with Crippen LogP contribution < -0.4 is 0 Å². The molecule has 122 valence electrons. The number of hydrogen-bond acceptors (Lipinski definition) is 1. The van der Waals surface area contributed by atoms with Crippen molar-refractivity contribution in [2.24, 2.45) is 0 Å². The van der Waals surface area contributed by atoms with Crippen molar-refractivity contribution in [2.75, 3.05) is 0 Å². The monoisotopic (exact) mass is 372 g/mol. The van der Waals surface area contributed by atoms with E-state index in [0.29, 0.717) is 4.83 Å². The third kappa shape index (κ3) is 9.03. The van der Waals surface area contributed by atoms with Crippen molar-refractivity contribution in [3.8, 4) is 0 Å². The molecule has 0 spiro atoms. The highest BCUT2D eigenvalue weighted by Crippen LogP contribution is 2.32. The smallest absolute Gasteiger partial charge is 0.0143 e. The molecule has 2 atom stereocenters. The molecule has 0 saturated heterocycles. The zero-order valence-corrected chi connectivity index (χ0v) is 16.4.